The minimum Gasteiger partial charge on any atom is -0.448 e. The quantitative estimate of drug-likeness (QED) is 0.235. The molecule has 4 aromatic carbocycles. The summed E-state index contributed by atoms with van der Waals surface area (Å²) in [4.78, 5) is 29.9. The van der Waals surface area contributed by atoms with Crippen molar-refractivity contribution in [2.45, 2.75) is 11.8 Å². The summed E-state index contributed by atoms with van der Waals surface area (Å²) in [5, 5.41) is 0. The average molecular weight is 707 g/mol. The SMILES string of the molecule is O=C(OCC1c2ccccc2-c2ccccc21)N1CCOCCOCCN(C(=O)OCC2c3ccccc3-c3ccccc32)CCOCCOCC1. The molecule has 0 spiro atoms. The van der Waals surface area contributed by atoms with E-state index in [1.54, 1.807) is 9.80 Å². The van der Waals surface area contributed by atoms with E-state index in [9.17, 15) is 9.59 Å². The van der Waals surface area contributed by atoms with Gasteiger partial charge < -0.3 is 38.2 Å². The van der Waals surface area contributed by atoms with Crippen LogP contribution in [0.4, 0.5) is 9.59 Å². The molecule has 1 saturated heterocycles. The molecule has 0 aromatic heterocycles. The summed E-state index contributed by atoms with van der Waals surface area (Å²) in [5.41, 5.74) is 9.43. The standard InChI is InChI=1S/C42H46N2O8/c45-41(51-29-39-35-13-5-1-9-31(35)32-10-2-6-14-36(32)39)43-17-21-47-25-27-49-23-19-44(20-24-50-28-26-48-22-18-43)42(46)52-30-40-37-15-7-3-11-33(37)34-12-4-8-16-38(34)40/h1-16,39-40H,17-30H2. The molecule has 2 amide bonds. The van der Waals surface area contributed by atoms with E-state index >= 15 is 0 Å². The molecular weight excluding hydrogens is 660 g/mol. The predicted octanol–water partition coefficient (Wildman–Crippen LogP) is 6.57. The first-order chi connectivity index (χ1) is 25.7. The van der Waals surface area contributed by atoms with Gasteiger partial charge in [-0.15, -0.1) is 0 Å². The van der Waals surface area contributed by atoms with Crippen LogP contribution in [0.15, 0.2) is 97.1 Å². The van der Waals surface area contributed by atoms with Gasteiger partial charge in [-0.3, -0.25) is 0 Å². The maximum atomic E-state index is 13.3. The van der Waals surface area contributed by atoms with Gasteiger partial charge in [-0.05, 0) is 44.5 Å². The molecule has 0 N–H and O–H groups in total. The van der Waals surface area contributed by atoms with Crippen molar-refractivity contribution in [1.82, 2.24) is 9.80 Å². The monoisotopic (exact) mass is 706 g/mol. The van der Waals surface area contributed by atoms with Crippen LogP contribution >= 0.6 is 0 Å². The van der Waals surface area contributed by atoms with E-state index in [4.69, 9.17) is 28.4 Å². The lowest BCUT2D eigenvalue weighted by molar-refractivity contribution is 0.00548. The van der Waals surface area contributed by atoms with Crippen molar-refractivity contribution < 1.29 is 38.0 Å². The Morgan fingerprint density at radius 1 is 0.442 bits per heavy atom. The van der Waals surface area contributed by atoms with Crippen LogP contribution in [0.3, 0.4) is 0 Å². The van der Waals surface area contributed by atoms with Crippen LogP contribution in [-0.4, -0.2) is 114 Å². The topological polar surface area (TPSA) is 96.0 Å². The Labute approximate surface area is 305 Å². The summed E-state index contributed by atoms with van der Waals surface area (Å²) in [5.74, 6) is -0.0303. The molecule has 0 saturated carbocycles. The summed E-state index contributed by atoms with van der Waals surface area (Å²) in [6.07, 6.45) is -0.798. The van der Waals surface area contributed by atoms with E-state index in [-0.39, 0.29) is 25.0 Å². The minimum atomic E-state index is -0.399. The number of carbonyl (C=O) groups excluding carboxylic acids is 2. The number of rotatable bonds is 4. The third kappa shape index (κ3) is 8.32. The van der Waals surface area contributed by atoms with Crippen molar-refractivity contribution in [1.29, 1.82) is 0 Å². The van der Waals surface area contributed by atoms with Gasteiger partial charge in [0, 0.05) is 38.0 Å². The predicted molar refractivity (Wildman–Crippen MR) is 197 cm³/mol. The zero-order valence-electron chi connectivity index (χ0n) is 29.5. The summed E-state index contributed by atoms with van der Waals surface area (Å²) in [7, 11) is 0. The fraction of sp³-hybridized carbons (Fsp3) is 0.381. The Bertz CT molecular complexity index is 1570. The molecule has 1 aliphatic heterocycles. The Kier molecular flexibility index (Phi) is 12.1. The molecule has 4 aromatic rings. The molecule has 1 heterocycles. The first-order valence-corrected chi connectivity index (χ1v) is 18.2. The van der Waals surface area contributed by atoms with Gasteiger partial charge >= 0.3 is 12.2 Å². The number of fused-ring (bicyclic) bond motifs is 6. The van der Waals surface area contributed by atoms with Crippen LogP contribution in [0.1, 0.15) is 34.1 Å². The fourth-order valence-electron chi connectivity index (χ4n) is 7.30. The number of hydrogen-bond acceptors (Lipinski definition) is 8. The van der Waals surface area contributed by atoms with Crippen LogP contribution in [0, 0.1) is 0 Å². The van der Waals surface area contributed by atoms with E-state index in [1.165, 1.54) is 44.5 Å². The molecule has 0 radical (unpaired) electrons. The maximum absolute atomic E-state index is 13.3. The van der Waals surface area contributed by atoms with Crippen molar-refractivity contribution >= 4 is 12.2 Å². The van der Waals surface area contributed by atoms with E-state index in [2.05, 4.69) is 48.5 Å². The third-order valence-corrected chi connectivity index (χ3v) is 9.95. The van der Waals surface area contributed by atoms with Crippen molar-refractivity contribution in [3.05, 3.63) is 119 Å². The second-order valence-corrected chi connectivity index (χ2v) is 13.0. The van der Waals surface area contributed by atoms with Gasteiger partial charge in [-0.2, -0.15) is 0 Å². The molecule has 10 heteroatoms. The number of carbonyl (C=O) groups is 2. The highest BCUT2D eigenvalue weighted by Crippen LogP contribution is 2.45. The molecule has 0 bridgehead atoms. The zero-order valence-corrected chi connectivity index (χ0v) is 29.5. The van der Waals surface area contributed by atoms with Crippen LogP contribution in [0.5, 0.6) is 0 Å². The zero-order chi connectivity index (χ0) is 35.5. The van der Waals surface area contributed by atoms with E-state index in [1.807, 2.05) is 48.5 Å². The molecular formula is C42H46N2O8. The van der Waals surface area contributed by atoms with Gasteiger partial charge in [0.05, 0.1) is 52.9 Å². The smallest absolute Gasteiger partial charge is 0.409 e. The third-order valence-electron chi connectivity index (χ3n) is 9.95. The minimum absolute atomic E-state index is 0.0152. The highest BCUT2D eigenvalue weighted by atomic mass is 16.6. The molecule has 10 nitrogen and oxygen atoms in total. The largest absolute Gasteiger partial charge is 0.448 e. The Morgan fingerprint density at radius 2 is 0.712 bits per heavy atom. The van der Waals surface area contributed by atoms with E-state index in [0.29, 0.717) is 79.0 Å². The van der Waals surface area contributed by atoms with Gasteiger partial charge in [0.1, 0.15) is 13.2 Å². The second-order valence-electron chi connectivity index (χ2n) is 13.0. The first-order valence-electron chi connectivity index (χ1n) is 18.2. The van der Waals surface area contributed by atoms with Gasteiger partial charge in [-0.1, -0.05) is 97.1 Å². The van der Waals surface area contributed by atoms with Crippen molar-refractivity contribution in [2.75, 3.05) is 92.2 Å². The van der Waals surface area contributed by atoms with Crippen molar-refractivity contribution in [3.63, 3.8) is 0 Å². The highest BCUT2D eigenvalue weighted by molar-refractivity contribution is 5.80. The van der Waals surface area contributed by atoms with Crippen LogP contribution in [0.25, 0.3) is 22.3 Å². The number of nitrogens with zero attached hydrogens (tertiary/aromatic N) is 2. The highest BCUT2D eigenvalue weighted by Gasteiger charge is 2.31. The molecule has 272 valence electrons. The van der Waals surface area contributed by atoms with Crippen LogP contribution < -0.4 is 0 Å². The van der Waals surface area contributed by atoms with E-state index in [0.717, 1.165) is 0 Å². The van der Waals surface area contributed by atoms with Gasteiger partial charge in [0.25, 0.3) is 0 Å². The number of hydrogen-bond donors (Lipinski definition) is 0. The molecule has 7 rings (SSSR count). The molecule has 52 heavy (non-hydrogen) atoms. The molecule has 2 aliphatic carbocycles. The summed E-state index contributed by atoms with van der Waals surface area (Å²) < 4.78 is 35.1. The fourth-order valence-corrected chi connectivity index (χ4v) is 7.30. The number of amides is 2. The number of ether oxygens (including phenoxy) is 6. The summed E-state index contributed by atoms with van der Waals surface area (Å²) in [6.45, 7) is 4.60. The second kappa shape index (κ2) is 17.7. The van der Waals surface area contributed by atoms with Crippen LogP contribution in [-0.2, 0) is 28.4 Å². The maximum Gasteiger partial charge on any atom is 0.409 e. The molecule has 1 fully saturated rings. The van der Waals surface area contributed by atoms with Crippen LogP contribution in [0.2, 0.25) is 0 Å². The number of benzene rings is 4. The lowest BCUT2D eigenvalue weighted by Crippen LogP contribution is -2.39. The lowest BCUT2D eigenvalue weighted by Gasteiger charge is -2.24. The van der Waals surface area contributed by atoms with Gasteiger partial charge in [-0.25, -0.2) is 9.59 Å². The molecule has 0 unspecified atom stereocenters. The Hall–Kier alpha value is -4.74. The molecule has 0 atom stereocenters. The lowest BCUT2D eigenvalue weighted by atomic mass is 9.98. The van der Waals surface area contributed by atoms with Gasteiger partial charge in [0.2, 0.25) is 0 Å². The Morgan fingerprint density at radius 3 is 1.00 bits per heavy atom. The Balaban J connectivity index is 0.879. The van der Waals surface area contributed by atoms with Gasteiger partial charge in [0.15, 0.2) is 0 Å². The summed E-state index contributed by atoms with van der Waals surface area (Å²) >= 11 is 0. The van der Waals surface area contributed by atoms with E-state index < -0.39 is 12.2 Å². The average Bonchev–Trinajstić information content (AvgIpc) is 3.68. The molecule has 3 aliphatic rings. The van der Waals surface area contributed by atoms with Crippen molar-refractivity contribution in [2.24, 2.45) is 0 Å². The van der Waals surface area contributed by atoms with Crippen molar-refractivity contribution in [3.8, 4) is 22.3 Å². The summed E-state index contributed by atoms with van der Waals surface area (Å²) in [6, 6.07) is 33.2. The normalized spacial score (nSPS) is 17.6. The first kappa shape index (κ1) is 35.7.